The Kier molecular flexibility index (Phi) is 4.64. The summed E-state index contributed by atoms with van der Waals surface area (Å²) in [6.45, 7) is 9.08. The molecule has 1 rings (SSSR count). The third kappa shape index (κ3) is 5.01. The largest absolute Gasteiger partial charge is 0.393 e. The van der Waals surface area contributed by atoms with E-state index in [1.54, 1.807) is 0 Å². The van der Waals surface area contributed by atoms with Crippen molar-refractivity contribution in [3.05, 3.63) is 0 Å². The SMILES string of the molecule is CC1CCCC(C(O)CCC(C)(C)C)C1. The third-order valence-corrected chi connectivity index (χ3v) is 3.71. The van der Waals surface area contributed by atoms with Crippen LogP contribution in [0, 0.1) is 17.3 Å². The van der Waals surface area contributed by atoms with Crippen LogP contribution in [-0.4, -0.2) is 11.2 Å². The molecule has 1 N–H and O–H groups in total. The number of hydrogen-bond acceptors (Lipinski definition) is 1. The Balaban J connectivity index is 2.29. The zero-order valence-corrected chi connectivity index (χ0v) is 10.9. The predicted molar refractivity (Wildman–Crippen MR) is 65.8 cm³/mol. The number of aliphatic hydroxyl groups is 1. The van der Waals surface area contributed by atoms with E-state index in [1.807, 2.05) is 0 Å². The minimum atomic E-state index is -0.0491. The topological polar surface area (TPSA) is 20.2 Å². The van der Waals surface area contributed by atoms with Crippen LogP contribution < -0.4 is 0 Å². The number of rotatable bonds is 3. The van der Waals surface area contributed by atoms with Gasteiger partial charge in [0.05, 0.1) is 6.10 Å². The van der Waals surface area contributed by atoms with E-state index in [0.717, 1.165) is 18.8 Å². The fourth-order valence-corrected chi connectivity index (χ4v) is 2.65. The molecule has 0 aliphatic heterocycles. The Labute approximate surface area is 95.3 Å². The first kappa shape index (κ1) is 13.0. The smallest absolute Gasteiger partial charge is 0.0568 e. The van der Waals surface area contributed by atoms with E-state index in [9.17, 15) is 5.11 Å². The van der Waals surface area contributed by atoms with Crippen molar-refractivity contribution >= 4 is 0 Å². The summed E-state index contributed by atoms with van der Waals surface area (Å²) < 4.78 is 0. The van der Waals surface area contributed by atoms with Crippen LogP contribution in [0.3, 0.4) is 0 Å². The van der Waals surface area contributed by atoms with Gasteiger partial charge in [-0.15, -0.1) is 0 Å². The lowest BCUT2D eigenvalue weighted by Crippen LogP contribution is -2.27. The maximum atomic E-state index is 10.2. The molecule has 0 saturated heterocycles. The average molecular weight is 212 g/mol. The van der Waals surface area contributed by atoms with Crippen LogP contribution in [0.25, 0.3) is 0 Å². The van der Waals surface area contributed by atoms with Gasteiger partial charge >= 0.3 is 0 Å². The molecule has 1 nitrogen and oxygen atoms in total. The Morgan fingerprint density at radius 2 is 1.93 bits per heavy atom. The molecule has 0 spiro atoms. The molecule has 0 aromatic heterocycles. The summed E-state index contributed by atoms with van der Waals surface area (Å²) in [5.41, 5.74) is 0.362. The van der Waals surface area contributed by atoms with E-state index < -0.39 is 0 Å². The first-order valence-corrected chi connectivity index (χ1v) is 6.56. The van der Waals surface area contributed by atoms with Gasteiger partial charge in [-0.05, 0) is 42.9 Å². The maximum Gasteiger partial charge on any atom is 0.0568 e. The molecule has 1 aliphatic rings. The maximum absolute atomic E-state index is 10.2. The van der Waals surface area contributed by atoms with Crippen molar-refractivity contribution in [2.45, 2.75) is 72.3 Å². The van der Waals surface area contributed by atoms with Gasteiger partial charge < -0.3 is 5.11 Å². The van der Waals surface area contributed by atoms with Crippen molar-refractivity contribution in [3.8, 4) is 0 Å². The van der Waals surface area contributed by atoms with Crippen LogP contribution in [0.5, 0.6) is 0 Å². The summed E-state index contributed by atoms with van der Waals surface area (Å²) in [6, 6.07) is 0. The van der Waals surface area contributed by atoms with Gasteiger partial charge in [-0.2, -0.15) is 0 Å². The fraction of sp³-hybridized carbons (Fsp3) is 1.00. The van der Waals surface area contributed by atoms with Crippen LogP contribution >= 0.6 is 0 Å². The standard InChI is InChI=1S/C14H28O/c1-11-6-5-7-12(10-11)13(15)8-9-14(2,3)4/h11-13,15H,5-10H2,1-4H3. The molecule has 0 aromatic rings. The van der Waals surface area contributed by atoms with Gasteiger partial charge in [-0.1, -0.05) is 40.5 Å². The van der Waals surface area contributed by atoms with Crippen LogP contribution in [0.4, 0.5) is 0 Å². The molecule has 0 heterocycles. The van der Waals surface area contributed by atoms with Gasteiger partial charge in [0.25, 0.3) is 0 Å². The van der Waals surface area contributed by atoms with E-state index in [1.165, 1.54) is 25.7 Å². The number of hydrogen-bond donors (Lipinski definition) is 1. The minimum Gasteiger partial charge on any atom is -0.393 e. The second-order valence-corrected chi connectivity index (χ2v) is 6.70. The lowest BCUT2D eigenvalue weighted by Gasteiger charge is -2.31. The van der Waals surface area contributed by atoms with Gasteiger partial charge in [0, 0.05) is 0 Å². The molecule has 1 aliphatic carbocycles. The van der Waals surface area contributed by atoms with E-state index >= 15 is 0 Å². The minimum absolute atomic E-state index is 0.0491. The zero-order chi connectivity index (χ0) is 11.5. The molecule has 1 heteroatoms. The van der Waals surface area contributed by atoms with Gasteiger partial charge in [0.15, 0.2) is 0 Å². The molecular formula is C14H28O. The van der Waals surface area contributed by atoms with Crippen LogP contribution in [0.2, 0.25) is 0 Å². The Hall–Kier alpha value is -0.0400. The second kappa shape index (κ2) is 5.34. The molecule has 0 amide bonds. The van der Waals surface area contributed by atoms with Crippen LogP contribution in [0.15, 0.2) is 0 Å². The van der Waals surface area contributed by atoms with Crippen LogP contribution in [-0.2, 0) is 0 Å². The highest BCUT2D eigenvalue weighted by Gasteiger charge is 2.26. The average Bonchev–Trinajstić information content (AvgIpc) is 2.13. The molecule has 1 saturated carbocycles. The van der Waals surface area contributed by atoms with Gasteiger partial charge in [0.2, 0.25) is 0 Å². The lowest BCUT2D eigenvalue weighted by atomic mass is 9.77. The van der Waals surface area contributed by atoms with Crippen molar-refractivity contribution < 1.29 is 5.11 Å². The van der Waals surface area contributed by atoms with Crippen molar-refractivity contribution in [1.82, 2.24) is 0 Å². The summed E-state index contributed by atoms with van der Waals surface area (Å²) in [7, 11) is 0. The van der Waals surface area contributed by atoms with E-state index in [4.69, 9.17) is 0 Å². The molecule has 90 valence electrons. The van der Waals surface area contributed by atoms with Gasteiger partial charge in [-0.25, -0.2) is 0 Å². The molecule has 15 heavy (non-hydrogen) atoms. The third-order valence-electron chi connectivity index (χ3n) is 3.71. The van der Waals surface area contributed by atoms with E-state index in [-0.39, 0.29) is 6.10 Å². The van der Waals surface area contributed by atoms with E-state index in [2.05, 4.69) is 27.7 Å². The van der Waals surface area contributed by atoms with Crippen molar-refractivity contribution in [3.63, 3.8) is 0 Å². The van der Waals surface area contributed by atoms with Crippen LogP contribution in [0.1, 0.15) is 66.2 Å². The summed E-state index contributed by atoms with van der Waals surface area (Å²) in [5.74, 6) is 1.41. The molecule has 1 fully saturated rings. The normalized spacial score (nSPS) is 30.2. The summed E-state index contributed by atoms with van der Waals surface area (Å²) in [4.78, 5) is 0. The molecule has 0 radical (unpaired) electrons. The van der Waals surface area contributed by atoms with Gasteiger partial charge in [-0.3, -0.25) is 0 Å². The molecule has 3 unspecified atom stereocenters. The summed E-state index contributed by atoms with van der Waals surface area (Å²) in [6.07, 6.45) is 7.24. The Bertz CT molecular complexity index is 180. The first-order valence-electron chi connectivity index (χ1n) is 6.56. The molecular weight excluding hydrogens is 184 g/mol. The Morgan fingerprint density at radius 1 is 1.27 bits per heavy atom. The number of aliphatic hydroxyl groups excluding tert-OH is 1. The molecule has 0 bridgehead atoms. The summed E-state index contributed by atoms with van der Waals surface area (Å²) in [5, 5.41) is 10.2. The quantitative estimate of drug-likeness (QED) is 0.749. The fourth-order valence-electron chi connectivity index (χ4n) is 2.65. The molecule has 0 aromatic carbocycles. The van der Waals surface area contributed by atoms with Crippen molar-refractivity contribution in [2.24, 2.45) is 17.3 Å². The second-order valence-electron chi connectivity index (χ2n) is 6.70. The molecule has 3 atom stereocenters. The lowest BCUT2D eigenvalue weighted by molar-refractivity contribution is 0.0556. The highest BCUT2D eigenvalue weighted by Crippen LogP contribution is 2.33. The first-order chi connectivity index (χ1) is 6.88. The van der Waals surface area contributed by atoms with Crippen molar-refractivity contribution in [1.29, 1.82) is 0 Å². The predicted octanol–water partition coefficient (Wildman–Crippen LogP) is 4.00. The van der Waals surface area contributed by atoms with E-state index in [0.29, 0.717) is 11.3 Å². The van der Waals surface area contributed by atoms with Crippen molar-refractivity contribution in [2.75, 3.05) is 0 Å². The monoisotopic (exact) mass is 212 g/mol. The highest BCUT2D eigenvalue weighted by atomic mass is 16.3. The van der Waals surface area contributed by atoms with Gasteiger partial charge in [0.1, 0.15) is 0 Å². The summed E-state index contributed by atoms with van der Waals surface area (Å²) >= 11 is 0. The highest BCUT2D eigenvalue weighted by molar-refractivity contribution is 4.77. The zero-order valence-electron chi connectivity index (χ0n) is 10.9. The Morgan fingerprint density at radius 3 is 2.47 bits per heavy atom.